The van der Waals surface area contributed by atoms with E-state index in [1.807, 2.05) is 0 Å². The van der Waals surface area contributed by atoms with Crippen molar-refractivity contribution in [1.82, 2.24) is 4.90 Å². The standard InChI is InChI=1S/C44H85N2O2/c1-4-6-8-10-12-14-16-18-20-22-24-26-28-30-32-34-37-45(38-35-39-46(3)40-42-48-43-41-46)44(47)36-33-31-29-27-25-23-21-19-17-15-13-11-9-7-5-2/h18-21H,4-17,22-43H2,1-3H3/q+1/b20-18-,21-19-. The van der Waals surface area contributed by atoms with E-state index in [2.05, 4.69) is 50.1 Å². The van der Waals surface area contributed by atoms with Gasteiger partial charge < -0.3 is 14.1 Å². The Balaban J connectivity index is 2.17. The van der Waals surface area contributed by atoms with Crippen LogP contribution in [0.3, 0.4) is 0 Å². The lowest BCUT2D eigenvalue weighted by atomic mass is 10.1. The van der Waals surface area contributed by atoms with Crippen molar-refractivity contribution in [2.45, 2.75) is 200 Å². The van der Waals surface area contributed by atoms with Gasteiger partial charge in [-0.1, -0.05) is 147 Å². The average molecular weight is 674 g/mol. The summed E-state index contributed by atoms with van der Waals surface area (Å²) in [5.41, 5.74) is 0. The summed E-state index contributed by atoms with van der Waals surface area (Å²) in [6.45, 7) is 11.6. The number of amides is 1. The molecule has 282 valence electrons. The fraction of sp³-hybridized carbons (Fsp3) is 0.886. The van der Waals surface area contributed by atoms with Gasteiger partial charge in [0, 0.05) is 25.9 Å². The highest BCUT2D eigenvalue weighted by Gasteiger charge is 2.25. The predicted molar refractivity (Wildman–Crippen MR) is 212 cm³/mol. The van der Waals surface area contributed by atoms with E-state index in [1.165, 1.54) is 161 Å². The third-order valence-corrected chi connectivity index (χ3v) is 10.6. The maximum atomic E-state index is 13.3. The Labute approximate surface area is 301 Å². The molecule has 1 aliphatic rings. The maximum absolute atomic E-state index is 13.3. The molecule has 0 aliphatic carbocycles. The first-order valence-electron chi connectivity index (χ1n) is 21.6. The van der Waals surface area contributed by atoms with E-state index in [0.717, 1.165) is 76.1 Å². The van der Waals surface area contributed by atoms with Gasteiger partial charge in [-0.25, -0.2) is 0 Å². The lowest BCUT2D eigenvalue weighted by molar-refractivity contribution is -0.917. The summed E-state index contributed by atoms with van der Waals surface area (Å²) >= 11 is 0. The lowest BCUT2D eigenvalue weighted by Gasteiger charge is -2.38. The number of morpholine rings is 1. The molecule has 0 aromatic heterocycles. The van der Waals surface area contributed by atoms with E-state index >= 15 is 0 Å². The van der Waals surface area contributed by atoms with Crippen molar-refractivity contribution in [3.63, 3.8) is 0 Å². The van der Waals surface area contributed by atoms with Gasteiger partial charge in [0.05, 0.1) is 26.8 Å². The Hall–Kier alpha value is -1.13. The second-order valence-corrected chi connectivity index (χ2v) is 15.4. The number of hydrogen-bond acceptors (Lipinski definition) is 2. The van der Waals surface area contributed by atoms with Crippen LogP contribution in [0, 0.1) is 0 Å². The molecule has 0 aromatic carbocycles. The molecule has 1 rings (SSSR count). The molecule has 1 aliphatic heterocycles. The number of ether oxygens (including phenoxy) is 1. The van der Waals surface area contributed by atoms with Crippen LogP contribution < -0.4 is 0 Å². The number of carbonyl (C=O) groups excluding carboxylic acids is 1. The summed E-state index contributed by atoms with van der Waals surface area (Å²) in [6, 6.07) is 0. The van der Waals surface area contributed by atoms with Gasteiger partial charge in [0.25, 0.3) is 0 Å². The zero-order valence-corrected chi connectivity index (χ0v) is 33.0. The van der Waals surface area contributed by atoms with Crippen molar-refractivity contribution in [2.24, 2.45) is 0 Å². The molecule has 4 heteroatoms. The first-order valence-corrected chi connectivity index (χ1v) is 21.6. The van der Waals surface area contributed by atoms with E-state index < -0.39 is 0 Å². The molecular formula is C44H85N2O2+. The first kappa shape index (κ1) is 44.9. The molecule has 48 heavy (non-hydrogen) atoms. The van der Waals surface area contributed by atoms with Crippen molar-refractivity contribution in [3.8, 4) is 0 Å². The third kappa shape index (κ3) is 28.7. The Morgan fingerprint density at radius 2 is 0.896 bits per heavy atom. The minimum Gasteiger partial charge on any atom is -0.370 e. The van der Waals surface area contributed by atoms with E-state index in [9.17, 15) is 4.79 Å². The molecule has 0 aromatic rings. The normalized spacial score (nSPS) is 14.8. The van der Waals surface area contributed by atoms with Gasteiger partial charge in [0.15, 0.2) is 0 Å². The molecule has 0 N–H and O–H groups in total. The highest BCUT2D eigenvalue weighted by Crippen LogP contribution is 2.15. The van der Waals surface area contributed by atoms with Crippen molar-refractivity contribution >= 4 is 5.91 Å². The molecule has 0 unspecified atom stereocenters. The number of hydrogen-bond donors (Lipinski definition) is 0. The summed E-state index contributed by atoms with van der Waals surface area (Å²) in [6.07, 6.45) is 47.0. The van der Waals surface area contributed by atoms with Gasteiger partial charge >= 0.3 is 0 Å². The Morgan fingerprint density at radius 1 is 0.521 bits per heavy atom. The fourth-order valence-electron chi connectivity index (χ4n) is 7.07. The van der Waals surface area contributed by atoms with Gasteiger partial charge in [-0.3, -0.25) is 4.79 Å². The second kappa shape index (κ2) is 34.3. The quantitative estimate of drug-likeness (QED) is 0.0381. The molecule has 1 amide bonds. The number of likely N-dealkylation sites (N-methyl/N-ethyl adjacent to an activating group) is 1. The molecule has 1 fully saturated rings. The third-order valence-electron chi connectivity index (χ3n) is 10.6. The second-order valence-electron chi connectivity index (χ2n) is 15.4. The van der Waals surface area contributed by atoms with Gasteiger partial charge in [0.2, 0.25) is 5.91 Å². The molecule has 4 nitrogen and oxygen atoms in total. The molecule has 0 bridgehead atoms. The van der Waals surface area contributed by atoms with E-state index in [4.69, 9.17) is 4.74 Å². The highest BCUT2D eigenvalue weighted by atomic mass is 16.5. The van der Waals surface area contributed by atoms with Crippen LogP contribution in [0.1, 0.15) is 200 Å². The first-order chi connectivity index (χ1) is 23.6. The van der Waals surface area contributed by atoms with Crippen LogP contribution in [0.25, 0.3) is 0 Å². The van der Waals surface area contributed by atoms with Crippen LogP contribution in [-0.2, 0) is 9.53 Å². The predicted octanol–water partition coefficient (Wildman–Crippen LogP) is 12.8. The van der Waals surface area contributed by atoms with Crippen molar-refractivity contribution in [2.75, 3.05) is 53.0 Å². The Morgan fingerprint density at radius 3 is 1.35 bits per heavy atom. The lowest BCUT2D eigenvalue weighted by Crippen LogP contribution is -2.53. The maximum Gasteiger partial charge on any atom is 0.222 e. The summed E-state index contributed by atoms with van der Waals surface area (Å²) in [5.74, 6) is 0.407. The average Bonchev–Trinajstić information content (AvgIpc) is 3.09. The van der Waals surface area contributed by atoms with E-state index in [1.54, 1.807) is 0 Å². The van der Waals surface area contributed by atoms with Gasteiger partial charge in [-0.05, 0) is 64.2 Å². The number of nitrogens with zero attached hydrogens (tertiary/aromatic N) is 2. The molecule has 1 heterocycles. The Kier molecular flexibility index (Phi) is 32.1. The van der Waals surface area contributed by atoms with Crippen LogP contribution in [0.15, 0.2) is 24.3 Å². The van der Waals surface area contributed by atoms with Crippen molar-refractivity contribution in [1.29, 1.82) is 0 Å². The zero-order chi connectivity index (χ0) is 34.6. The molecule has 0 spiro atoms. The largest absolute Gasteiger partial charge is 0.370 e. The number of carbonyl (C=O) groups is 1. The molecular weight excluding hydrogens is 588 g/mol. The van der Waals surface area contributed by atoms with Crippen LogP contribution in [0.4, 0.5) is 0 Å². The number of allylic oxidation sites excluding steroid dienone is 4. The number of unbranched alkanes of at least 4 members (excludes halogenated alkanes) is 23. The zero-order valence-electron chi connectivity index (χ0n) is 33.0. The monoisotopic (exact) mass is 674 g/mol. The van der Waals surface area contributed by atoms with Crippen LogP contribution >= 0.6 is 0 Å². The number of quaternary nitrogens is 1. The molecule has 0 radical (unpaired) electrons. The summed E-state index contributed by atoms with van der Waals surface area (Å²) < 4.78 is 6.70. The van der Waals surface area contributed by atoms with E-state index in [0.29, 0.717) is 5.91 Å². The van der Waals surface area contributed by atoms with Crippen LogP contribution in [-0.4, -0.2) is 68.3 Å². The van der Waals surface area contributed by atoms with E-state index in [-0.39, 0.29) is 0 Å². The highest BCUT2D eigenvalue weighted by molar-refractivity contribution is 5.76. The van der Waals surface area contributed by atoms with Gasteiger partial charge in [-0.15, -0.1) is 0 Å². The topological polar surface area (TPSA) is 29.5 Å². The minimum absolute atomic E-state index is 0.407. The van der Waals surface area contributed by atoms with Crippen molar-refractivity contribution < 1.29 is 14.0 Å². The van der Waals surface area contributed by atoms with Crippen molar-refractivity contribution in [3.05, 3.63) is 24.3 Å². The smallest absolute Gasteiger partial charge is 0.222 e. The molecule has 0 atom stereocenters. The number of rotatable bonds is 35. The molecule has 0 saturated carbocycles. The van der Waals surface area contributed by atoms with Gasteiger partial charge in [0.1, 0.15) is 13.1 Å². The molecule has 1 saturated heterocycles. The van der Waals surface area contributed by atoms with Crippen LogP contribution in [0.2, 0.25) is 0 Å². The van der Waals surface area contributed by atoms with Crippen LogP contribution in [0.5, 0.6) is 0 Å². The summed E-state index contributed by atoms with van der Waals surface area (Å²) in [5, 5.41) is 0. The Bertz CT molecular complexity index is 742. The minimum atomic E-state index is 0.407. The SMILES string of the molecule is CCCCCCCC/C=C\CCCCCCCCN(CCC[N+]1(C)CCOCC1)C(=O)CCCCCCC/C=C\CCCCCCCC. The van der Waals surface area contributed by atoms with Gasteiger partial charge in [-0.2, -0.15) is 0 Å². The fourth-order valence-corrected chi connectivity index (χ4v) is 7.07. The summed E-state index contributed by atoms with van der Waals surface area (Å²) in [4.78, 5) is 15.5. The summed E-state index contributed by atoms with van der Waals surface area (Å²) in [7, 11) is 2.37.